The van der Waals surface area contributed by atoms with Crippen molar-refractivity contribution in [1.82, 2.24) is 0 Å². The van der Waals surface area contributed by atoms with Gasteiger partial charge in [0.1, 0.15) is 12.2 Å². The fraction of sp³-hybridized carbons (Fsp3) is 0.387. The molecule has 0 radical (unpaired) electrons. The van der Waals surface area contributed by atoms with Gasteiger partial charge in [0, 0.05) is 11.3 Å². The molecule has 0 bridgehead atoms. The van der Waals surface area contributed by atoms with Crippen LogP contribution in [0.4, 0.5) is 0 Å². The number of nitrogens with zero attached hydrogens (tertiary/aromatic N) is 3. The van der Waals surface area contributed by atoms with Gasteiger partial charge in [-0.05, 0) is 28.6 Å². The molecule has 4 rings (SSSR count). The molecule has 40 heavy (non-hydrogen) atoms. The lowest BCUT2D eigenvalue weighted by atomic mass is 9.99. The second-order valence-corrected chi connectivity index (χ2v) is 9.55. The molecule has 5 atom stereocenters. The number of ether oxygens (including phenoxy) is 5. The zero-order chi connectivity index (χ0) is 28.0. The van der Waals surface area contributed by atoms with Crippen LogP contribution in [0.25, 0.3) is 10.4 Å². The van der Waals surface area contributed by atoms with Gasteiger partial charge < -0.3 is 23.7 Å². The molecule has 0 saturated carbocycles. The molecule has 1 heterocycles. The maximum Gasteiger partial charge on any atom is 0.305 e. The molecular weight excluding hydrogens is 510 g/mol. The van der Waals surface area contributed by atoms with E-state index < -0.39 is 18.2 Å². The number of carbonyl (C=O) groups is 1. The molecule has 3 aromatic carbocycles. The number of methoxy groups -OCH3 is 1. The van der Waals surface area contributed by atoms with Gasteiger partial charge in [0.05, 0.1) is 51.8 Å². The van der Waals surface area contributed by atoms with Crippen molar-refractivity contribution in [2.75, 3.05) is 13.7 Å². The van der Waals surface area contributed by atoms with Crippen LogP contribution in [0.15, 0.2) is 96.1 Å². The fourth-order valence-corrected chi connectivity index (χ4v) is 4.51. The summed E-state index contributed by atoms with van der Waals surface area (Å²) >= 11 is 0. The third kappa shape index (κ3) is 9.19. The highest BCUT2D eigenvalue weighted by Crippen LogP contribution is 2.35. The van der Waals surface area contributed by atoms with Crippen LogP contribution < -0.4 is 0 Å². The van der Waals surface area contributed by atoms with Gasteiger partial charge in [-0.15, -0.1) is 0 Å². The maximum atomic E-state index is 11.7. The molecule has 3 aromatic rings. The van der Waals surface area contributed by atoms with Crippen LogP contribution in [0, 0.1) is 0 Å². The lowest BCUT2D eigenvalue weighted by Gasteiger charge is -2.31. The second-order valence-electron chi connectivity index (χ2n) is 9.55. The Hall–Kier alpha value is -3.72. The van der Waals surface area contributed by atoms with Crippen molar-refractivity contribution >= 4 is 5.97 Å². The topological polar surface area (TPSA) is 115 Å². The first-order chi connectivity index (χ1) is 19.7. The van der Waals surface area contributed by atoms with Gasteiger partial charge in [0.15, 0.2) is 0 Å². The van der Waals surface area contributed by atoms with Crippen molar-refractivity contribution in [2.24, 2.45) is 5.11 Å². The number of azide groups is 1. The van der Waals surface area contributed by atoms with Crippen LogP contribution in [0.3, 0.4) is 0 Å². The van der Waals surface area contributed by atoms with Crippen molar-refractivity contribution in [3.05, 3.63) is 118 Å². The smallest absolute Gasteiger partial charge is 0.305 e. The minimum atomic E-state index is -0.691. The van der Waals surface area contributed by atoms with Crippen molar-refractivity contribution in [2.45, 2.75) is 63.1 Å². The number of carbonyl (C=O) groups excluding carboxylic acids is 1. The molecule has 9 heteroatoms. The van der Waals surface area contributed by atoms with Gasteiger partial charge in [0.2, 0.25) is 0 Å². The Balaban J connectivity index is 1.54. The third-order valence-electron chi connectivity index (χ3n) is 6.68. The van der Waals surface area contributed by atoms with Crippen LogP contribution >= 0.6 is 0 Å². The highest BCUT2D eigenvalue weighted by atomic mass is 16.6. The molecular formula is C31H35N3O6. The van der Waals surface area contributed by atoms with E-state index in [1.54, 1.807) is 0 Å². The van der Waals surface area contributed by atoms with E-state index in [9.17, 15) is 10.3 Å². The van der Waals surface area contributed by atoms with E-state index >= 15 is 0 Å². The largest absolute Gasteiger partial charge is 0.469 e. The van der Waals surface area contributed by atoms with Crippen LogP contribution in [0.5, 0.6) is 0 Å². The first kappa shape index (κ1) is 29.3. The van der Waals surface area contributed by atoms with Crippen LogP contribution in [-0.4, -0.2) is 50.1 Å². The molecule has 1 fully saturated rings. The summed E-state index contributed by atoms with van der Waals surface area (Å²) in [6, 6.07) is 28.7. The average Bonchev–Trinajstić information content (AvgIpc) is 3.78. The average molecular weight is 546 g/mol. The highest BCUT2D eigenvalue weighted by molar-refractivity contribution is 5.69. The molecule has 0 amide bonds. The molecule has 210 valence electrons. The summed E-state index contributed by atoms with van der Waals surface area (Å²) in [5.74, 6) is -0.297. The predicted octanol–water partition coefficient (Wildman–Crippen LogP) is 5.77. The minimum absolute atomic E-state index is 0.128. The van der Waals surface area contributed by atoms with Crippen LogP contribution in [0.2, 0.25) is 0 Å². The molecule has 0 unspecified atom stereocenters. The lowest BCUT2D eigenvalue weighted by Crippen LogP contribution is -2.46. The molecule has 1 aliphatic heterocycles. The Bertz CT molecular complexity index is 1210. The summed E-state index contributed by atoms with van der Waals surface area (Å²) in [6.45, 7) is 1.09. The number of epoxide rings is 1. The summed E-state index contributed by atoms with van der Waals surface area (Å²) in [4.78, 5) is 14.9. The number of benzene rings is 3. The number of hydrogen-bond donors (Lipinski definition) is 0. The normalized spacial score (nSPS) is 18.2. The summed E-state index contributed by atoms with van der Waals surface area (Å²) in [5, 5.41) is 4.09. The van der Waals surface area contributed by atoms with E-state index in [0.717, 1.165) is 16.7 Å². The van der Waals surface area contributed by atoms with Gasteiger partial charge in [-0.3, -0.25) is 4.79 Å². The molecule has 0 spiro atoms. The standard InChI is InChI=1S/C31H35N3O6/c1-36-28(35)18-17-27-30(40-27)31(39-21-25-15-9-4-10-16-25)29(38-20-24-13-7-3-8-14-24)26(33-34-32)22-37-19-23-11-5-2-6-12-23/h2-16,26-27,29-31H,17-22H2,1H3/t26-,27-,29-,30+,31+/m1/s1. The third-order valence-corrected chi connectivity index (χ3v) is 6.68. The highest BCUT2D eigenvalue weighted by Gasteiger charge is 2.50. The molecule has 0 aromatic heterocycles. The van der Waals surface area contributed by atoms with Crippen LogP contribution in [0.1, 0.15) is 29.5 Å². The lowest BCUT2D eigenvalue weighted by molar-refractivity contribution is -0.140. The molecule has 1 aliphatic rings. The van der Waals surface area contributed by atoms with E-state index in [4.69, 9.17) is 23.7 Å². The molecule has 0 aliphatic carbocycles. The minimum Gasteiger partial charge on any atom is -0.469 e. The van der Waals surface area contributed by atoms with Gasteiger partial charge in [-0.2, -0.15) is 0 Å². The summed E-state index contributed by atoms with van der Waals surface area (Å²) in [5.41, 5.74) is 12.4. The Morgan fingerprint density at radius 1 is 0.875 bits per heavy atom. The first-order valence-corrected chi connectivity index (χ1v) is 13.4. The second kappa shape index (κ2) is 15.8. The van der Waals surface area contributed by atoms with Gasteiger partial charge in [-0.25, -0.2) is 0 Å². The monoisotopic (exact) mass is 545 g/mol. The SMILES string of the molecule is COC(=O)CC[C@H]1O[C@@H]1[C@@H](OCc1ccccc1)[C@H](OCc1ccccc1)[C@@H](COCc1ccccc1)N=[N+]=[N-]. The van der Waals surface area contributed by atoms with E-state index in [2.05, 4.69) is 10.0 Å². The van der Waals surface area contributed by atoms with E-state index in [0.29, 0.717) is 19.6 Å². The molecule has 1 saturated heterocycles. The first-order valence-electron chi connectivity index (χ1n) is 13.4. The van der Waals surface area contributed by atoms with Gasteiger partial charge in [-0.1, -0.05) is 96.1 Å². The summed E-state index contributed by atoms with van der Waals surface area (Å²) in [7, 11) is 1.37. The van der Waals surface area contributed by atoms with Crippen molar-refractivity contribution < 1.29 is 28.5 Å². The van der Waals surface area contributed by atoms with Crippen molar-refractivity contribution in [3.63, 3.8) is 0 Å². The number of hydrogen-bond acceptors (Lipinski definition) is 7. The Morgan fingerprint density at radius 3 is 1.98 bits per heavy atom. The van der Waals surface area contributed by atoms with Crippen molar-refractivity contribution in [3.8, 4) is 0 Å². The number of esters is 1. The predicted molar refractivity (Wildman–Crippen MR) is 149 cm³/mol. The van der Waals surface area contributed by atoms with Gasteiger partial charge in [0.25, 0.3) is 0 Å². The molecule has 0 N–H and O–H groups in total. The van der Waals surface area contributed by atoms with E-state index in [-0.39, 0.29) is 37.8 Å². The van der Waals surface area contributed by atoms with Crippen molar-refractivity contribution in [1.29, 1.82) is 0 Å². The van der Waals surface area contributed by atoms with Crippen LogP contribution in [-0.2, 0) is 48.3 Å². The Kier molecular flexibility index (Phi) is 11.5. The Labute approximate surface area is 234 Å². The summed E-state index contributed by atoms with van der Waals surface area (Å²) in [6.07, 6.45) is -1.09. The summed E-state index contributed by atoms with van der Waals surface area (Å²) < 4.78 is 29.7. The maximum absolute atomic E-state index is 11.7. The zero-order valence-electron chi connectivity index (χ0n) is 22.6. The van der Waals surface area contributed by atoms with E-state index in [1.807, 2.05) is 91.0 Å². The fourth-order valence-electron chi connectivity index (χ4n) is 4.51. The quantitative estimate of drug-likeness (QED) is 0.0699. The molecule has 9 nitrogen and oxygen atoms in total. The van der Waals surface area contributed by atoms with E-state index in [1.165, 1.54) is 7.11 Å². The Morgan fingerprint density at radius 2 is 1.43 bits per heavy atom. The van der Waals surface area contributed by atoms with Gasteiger partial charge >= 0.3 is 5.97 Å². The number of rotatable bonds is 17. The zero-order valence-corrected chi connectivity index (χ0v) is 22.6.